The van der Waals surface area contributed by atoms with Gasteiger partial charge in [-0.2, -0.15) is 0 Å². The van der Waals surface area contributed by atoms with Crippen LogP contribution >= 0.6 is 11.6 Å². The number of para-hydroxylation sites is 1. The second-order valence-electron chi connectivity index (χ2n) is 4.92. The molecule has 1 aromatic heterocycles. The highest BCUT2D eigenvalue weighted by Crippen LogP contribution is 2.33. The summed E-state index contributed by atoms with van der Waals surface area (Å²) in [6.45, 7) is 1.44. The number of H-pyrrole nitrogens is 1. The van der Waals surface area contributed by atoms with Crippen molar-refractivity contribution in [3.05, 3.63) is 47.2 Å². The Hall–Kier alpha value is -2.40. The molecule has 1 aliphatic heterocycles. The Labute approximate surface area is 131 Å². The summed E-state index contributed by atoms with van der Waals surface area (Å²) in [4.78, 5) is 7.73. The molecular weight excluding hydrogens is 304 g/mol. The zero-order valence-corrected chi connectivity index (χ0v) is 12.4. The number of ether oxygens (including phenoxy) is 3. The van der Waals surface area contributed by atoms with Crippen LogP contribution in [0.1, 0.15) is 5.82 Å². The highest BCUT2D eigenvalue weighted by molar-refractivity contribution is 6.32. The van der Waals surface area contributed by atoms with E-state index in [1.807, 2.05) is 30.3 Å². The number of nitrogens with one attached hydrogen (secondary N) is 1. The minimum absolute atomic E-state index is 0.310. The van der Waals surface area contributed by atoms with E-state index in [4.69, 9.17) is 25.8 Å². The van der Waals surface area contributed by atoms with Crippen molar-refractivity contribution in [1.82, 2.24) is 9.97 Å². The van der Waals surface area contributed by atoms with Gasteiger partial charge in [0.15, 0.2) is 11.5 Å². The first-order valence-electron chi connectivity index (χ1n) is 6.95. The van der Waals surface area contributed by atoms with Gasteiger partial charge in [0.2, 0.25) is 0 Å². The molecule has 0 radical (unpaired) electrons. The van der Waals surface area contributed by atoms with E-state index in [-0.39, 0.29) is 0 Å². The molecule has 2 aromatic carbocycles. The van der Waals surface area contributed by atoms with Gasteiger partial charge >= 0.3 is 0 Å². The number of nitrogens with zero attached hydrogens (tertiary/aromatic N) is 1. The van der Waals surface area contributed by atoms with Crippen molar-refractivity contribution >= 4 is 22.6 Å². The number of halogens is 1. The van der Waals surface area contributed by atoms with Gasteiger partial charge in [0.25, 0.3) is 0 Å². The molecule has 0 unspecified atom stereocenters. The highest BCUT2D eigenvalue weighted by Gasteiger charge is 2.15. The van der Waals surface area contributed by atoms with E-state index in [1.54, 1.807) is 6.07 Å². The van der Waals surface area contributed by atoms with E-state index in [0.29, 0.717) is 30.6 Å². The lowest BCUT2D eigenvalue weighted by atomic mass is 10.2. The van der Waals surface area contributed by atoms with Crippen LogP contribution in [0.3, 0.4) is 0 Å². The summed E-state index contributed by atoms with van der Waals surface area (Å²) >= 11 is 6.07. The first-order valence-corrected chi connectivity index (χ1v) is 7.33. The molecule has 1 aliphatic rings. The molecule has 5 nitrogen and oxygen atoms in total. The topological polar surface area (TPSA) is 56.4 Å². The van der Waals surface area contributed by atoms with Crippen molar-refractivity contribution in [1.29, 1.82) is 0 Å². The SMILES string of the molecule is Clc1ccccc1OCc1nc2cc3c(cc2[nH]1)OCCO3. The van der Waals surface area contributed by atoms with Gasteiger partial charge in [-0.05, 0) is 12.1 Å². The van der Waals surface area contributed by atoms with Gasteiger partial charge in [0.05, 0.1) is 16.1 Å². The molecule has 4 rings (SSSR count). The second-order valence-corrected chi connectivity index (χ2v) is 5.32. The van der Waals surface area contributed by atoms with Crippen LogP contribution in [-0.4, -0.2) is 23.2 Å². The van der Waals surface area contributed by atoms with Crippen molar-refractivity contribution in [2.24, 2.45) is 0 Å². The van der Waals surface area contributed by atoms with Crippen molar-refractivity contribution in [2.75, 3.05) is 13.2 Å². The maximum Gasteiger partial charge on any atom is 0.163 e. The number of hydrogen-bond donors (Lipinski definition) is 1. The molecule has 0 saturated heterocycles. The maximum atomic E-state index is 6.07. The standard InChI is InChI=1S/C16H13ClN2O3/c17-10-3-1-2-4-13(10)22-9-16-18-11-7-14-15(8-12(11)19-16)21-6-5-20-14/h1-4,7-8H,5-6,9H2,(H,18,19). The lowest BCUT2D eigenvalue weighted by molar-refractivity contribution is 0.172. The number of rotatable bonds is 3. The summed E-state index contributed by atoms with van der Waals surface area (Å²) in [7, 11) is 0. The molecule has 6 heteroatoms. The summed E-state index contributed by atoms with van der Waals surface area (Å²) in [6.07, 6.45) is 0. The third-order valence-corrected chi connectivity index (χ3v) is 3.71. The van der Waals surface area contributed by atoms with E-state index in [0.717, 1.165) is 28.4 Å². The Balaban J connectivity index is 1.59. The predicted octanol–water partition coefficient (Wildman–Crippen LogP) is 3.57. The van der Waals surface area contributed by atoms with Crippen LogP contribution in [0.5, 0.6) is 17.2 Å². The van der Waals surface area contributed by atoms with E-state index in [1.165, 1.54) is 0 Å². The monoisotopic (exact) mass is 316 g/mol. The van der Waals surface area contributed by atoms with E-state index in [9.17, 15) is 0 Å². The molecular formula is C16H13ClN2O3. The molecule has 22 heavy (non-hydrogen) atoms. The van der Waals surface area contributed by atoms with Crippen LogP contribution in [0.25, 0.3) is 11.0 Å². The van der Waals surface area contributed by atoms with Crippen LogP contribution in [0, 0.1) is 0 Å². The number of benzene rings is 2. The quantitative estimate of drug-likeness (QED) is 0.802. The fraction of sp³-hybridized carbons (Fsp3) is 0.188. The van der Waals surface area contributed by atoms with Crippen LogP contribution in [-0.2, 0) is 6.61 Å². The van der Waals surface area contributed by atoms with Gasteiger partial charge in [0, 0.05) is 12.1 Å². The third kappa shape index (κ3) is 2.44. The minimum Gasteiger partial charge on any atom is -0.486 e. The van der Waals surface area contributed by atoms with E-state index < -0.39 is 0 Å². The molecule has 0 fully saturated rings. The van der Waals surface area contributed by atoms with Crippen molar-refractivity contribution in [3.8, 4) is 17.2 Å². The van der Waals surface area contributed by atoms with E-state index in [2.05, 4.69) is 9.97 Å². The average molecular weight is 317 g/mol. The molecule has 0 spiro atoms. The molecule has 0 saturated carbocycles. The Kier molecular flexibility index (Phi) is 3.27. The number of hydrogen-bond acceptors (Lipinski definition) is 4. The van der Waals surface area contributed by atoms with E-state index >= 15 is 0 Å². The Morgan fingerprint density at radius 2 is 1.91 bits per heavy atom. The van der Waals surface area contributed by atoms with Gasteiger partial charge in [-0.25, -0.2) is 4.98 Å². The molecule has 3 aromatic rings. The number of aromatic nitrogens is 2. The Morgan fingerprint density at radius 1 is 1.14 bits per heavy atom. The van der Waals surface area contributed by atoms with Gasteiger partial charge in [0.1, 0.15) is 31.4 Å². The minimum atomic E-state index is 0.310. The zero-order chi connectivity index (χ0) is 14.9. The van der Waals surface area contributed by atoms with Crippen LogP contribution in [0.15, 0.2) is 36.4 Å². The summed E-state index contributed by atoms with van der Waals surface area (Å²) in [5.41, 5.74) is 1.71. The summed E-state index contributed by atoms with van der Waals surface area (Å²) in [6, 6.07) is 11.1. The van der Waals surface area contributed by atoms with Crippen molar-refractivity contribution in [2.45, 2.75) is 6.61 Å². The fourth-order valence-electron chi connectivity index (χ4n) is 2.38. The van der Waals surface area contributed by atoms with Crippen molar-refractivity contribution in [3.63, 3.8) is 0 Å². The number of aromatic amines is 1. The largest absolute Gasteiger partial charge is 0.486 e. The van der Waals surface area contributed by atoms with Gasteiger partial charge in [-0.1, -0.05) is 23.7 Å². The fourth-order valence-corrected chi connectivity index (χ4v) is 2.57. The van der Waals surface area contributed by atoms with Crippen LogP contribution < -0.4 is 14.2 Å². The molecule has 0 atom stereocenters. The zero-order valence-electron chi connectivity index (χ0n) is 11.6. The Bertz CT molecular complexity index is 788. The molecule has 1 N–H and O–H groups in total. The van der Waals surface area contributed by atoms with Gasteiger partial charge in [-0.15, -0.1) is 0 Å². The lowest BCUT2D eigenvalue weighted by Gasteiger charge is -2.17. The summed E-state index contributed by atoms with van der Waals surface area (Å²) in [5.74, 6) is 2.82. The first kappa shape index (κ1) is 13.3. The first-order chi connectivity index (χ1) is 10.8. The average Bonchev–Trinajstić information content (AvgIpc) is 2.93. The van der Waals surface area contributed by atoms with Crippen LogP contribution in [0.4, 0.5) is 0 Å². The number of imidazole rings is 1. The molecule has 0 bridgehead atoms. The highest BCUT2D eigenvalue weighted by atomic mass is 35.5. The van der Waals surface area contributed by atoms with Crippen LogP contribution in [0.2, 0.25) is 5.02 Å². The second kappa shape index (κ2) is 5.42. The summed E-state index contributed by atoms with van der Waals surface area (Å²) in [5, 5.41) is 0.580. The maximum absolute atomic E-state index is 6.07. The third-order valence-electron chi connectivity index (χ3n) is 3.40. The Morgan fingerprint density at radius 3 is 2.73 bits per heavy atom. The molecule has 0 amide bonds. The lowest BCUT2D eigenvalue weighted by Crippen LogP contribution is -2.15. The van der Waals surface area contributed by atoms with Crippen molar-refractivity contribution < 1.29 is 14.2 Å². The smallest absolute Gasteiger partial charge is 0.163 e. The predicted molar refractivity (Wildman–Crippen MR) is 82.9 cm³/mol. The molecule has 112 valence electrons. The van der Waals surface area contributed by atoms with Gasteiger partial charge in [-0.3, -0.25) is 0 Å². The number of fused-ring (bicyclic) bond motifs is 2. The molecule has 0 aliphatic carbocycles. The summed E-state index contributed by atoms with van der Waals surface area (Å²) < 4.78 is 16.8. The van der Waals surface area contributed by atoms with Gasteiger partial charge < -0.3 is 19.2 Å². The normalized spacial score (nSPS) is 13.3. The molecule has 2 heterocycles.